The fraction of sp³-hybridized carbons (Fsp3) is 0.214. The van der Waals surface area contributed by atoms with Gasteiger partial charge in [0.15, 0.2) is 0 Å². The minimum Gasteiger partial charge on any atom is -0.399 e. The summed E-state index contributed by atoms with van der Waals surface area (Å²) in [5.41, 5.74) is 7.85. The minimum absolute atomic E-state index is 0.728. The van der Waals surface area contributed by atoms with E-state index in [1.165, 1.54) is 5.56 Å². The van der Waals surface area contributed by atoms with Gasteiger partial charge >= 0.3 is 0 Å². The first-order valence-corrected chi connectivity index (χ1v) is 7.20. The SMILES string of the molecule is Nc1cccc(CCCSc2ncccc2Cl)c1. The van der Waals surface area contributed by atoms with Gasteiger partial charge in [-0.3, -0.25) is 0 Å². The van der Waals surface area contributed by atoms with Gasteiger partial charge < -0.3 is 5.73 Å². The van der Waals surface area contributed by atoms with E-state index in [0.29, 0.717) is 0 Å². The molecule has 0 bridgehead atoms. The van der Waals surface area contributed by atoms with E-state index >= 15 is 0 Å². The third-order valence-electron chi connectivity index (χ3n) is 2.52. The lowest BCUT2D eigenvalue weighted by molar-refractivity contribution is 0.931. The molecule has 0 amide bonds. The summed E-state index contributed by atoms with van der Waals surface area (Å²) in [5.74, 6) is 1.01. The summed E-state index contributed by atoms with van der Waals surface area (Å²) >= 11 is 7.74. The van der Waals surface area contributed by atoms with Gasteiger partial charge in [-0.05, 0) is 48.4 Å². The van der Waals surface area contributed by atoms with Crippen molar-refractivity contribution in [2.24, 2.45) is 0 Å². The van der Waals surface area contributed by atoms with Gasteiger partial charge in [-0.2, -0.15) is 0 Å². The van der Waals surface area contributed by atoms with Crippen LogP contribution in [0.3, 0.4) is 0 Å². The number of thioether (sulfide) groups is 1. The molecular formula is C14H15ClN2S. The van der Waals surface area contributed by atoms with Crippen LogP contribution in [0, 0.1) is 0 Å². The predicted octanol–water partition coefficient (Wildman–Crippen LogP) is 4.04. The predicted molar refractivity (Wildman–Crippen MR) is 79.1 cm³/mol. The summed E-state index contributed by atoms with van der Waals surface area (Å²) in [6, 6.07) is 11.8. The molecule has 0 atom stereocenters. The molecule has 1 aromatic carbocycles. The number of rotatable bonds is 5. The van der Waals surface area contributed by atoms with Crippen LogP contribution in [-0.2, 0) is 6.42 Å². The van der Waals surface area contributed by atoms with Crippen molar-refractivity contribution in [1.29, 1.82) is 0 Å². The van der Waals surface area contributed by atoms with Crippen molar-refractivity contribution in [2.45, 2.75) is 17.9 Å². The molecule has 2 N–H and O–H groups in total. The molecule has 0 aliphatic rings. The molecule has 18 heavy (non-hydrogen) atoms. The Kier molecular flexibility index (Phi) is 4.90. The lowest BCUT2D eigenvalue weighted by Crippen LogP contribution is -1.91. The maximum Gasteiger partial charge on any atom is 0.115 e. The maximum absolute atomic E-state index is 6.04. The van der Waals surface area contributed by atoms with Crippen molar-refractivity contribution in [1.82, 2.24) is 4.98 Å². The van der Waals surface area contributed by atoms with Crippen LogP contribution in [0.1, 0.15) is 12.0 Å². The van der Waals surface area contributed by atoms with E-state index in [-0.39, 0.29) is 0 Å². The highest BCUT2D eigenvalue weighted by atomic mass is 35.5. The Labute approximate surface area is 117 Å². The first-order valence-electron chi connectivity index (χ1n) is 5.83. The normalized spacial score (nSPS) is 10.5. The smallest absolute Gasteiger partial charge is 0.115 e. The Morgan fingerprint density at radius 3 is 2.89 bits per heavy atom. The standard InChI is InChI=1S/C14H15ClN2S/c15-13-7-2-8-17-14(13)18-9-3-5-11-4-1-6-12(16)10-11/h1-2,4,6-8,10H,3,5,9,16H2. The quantitative estimate of drug-likeness (QED) is 0.510. The van der Waals surface area contributed by atoms with Crippen LogP contribution in [0.2, 0.25) is 5.02 Å². The molecule has 0 spiro atoms. The minimum atomic E-state index is 0.728. The molecule has 0 fully saturated rings. The number of anilines is 1. The fourth-order valence-electron chi connectivity index (χ4n) is 1.67. The van der Waals surface area contributed by atoms with E-state index < -0.39 is 0 Å². The number of benzene rings is 1. The van der Waals surface area contributed by atoms with Gasteiger partial charge in [0.1, 0.15) is 5.03 Å². The fourth-order valence-corrected chi connectivity index (χ4v) is 2.78. The molecule has 1 aromatic heterocycles. The average Bonchev–Trinajstić information content (AvgIpc) is 2.37. The van der Waals surface area contributed by atoms with Gasteiger partial charge in [0.2, 0.25) is 0 Å². The second-order valence-electron chi connectivity index (χ2n) is 3.99. The highest BCUT2D eigenvalue weighted by Gasteiger charge is 2.01. The van der Waals surface area contributed by atoms with E-state index in [9.17, 15) is 0 Å². The maximum atomic E-state index is 6.04. The highest BCUT2D eigenvalue weighted by molar-refractivity contribution is 7.99. The second-order valence-corrected chi connectivity index (χ2v) is 5.48. The Balaban J connectivity index is 1.78. The molecule has 1 heterocycles. The summed E-state index contributed by atoms with van der Waals surface area (Å²) in [6.45, 7) is 0. The average molecular weight is 279 g/mol. The number of nitrogens with zero attached hydrogens (tertiary/aromatic N) is 1. The molecule has 4 heteroatoms. The van der Waals surface area contributed by atoms with E-state index in [1.54, 1.807) is 18.0 Å². The number of halogens is 1. The van der Waals surface area contributed by atoms with Crippen molar-refractivity contribution in [3.05, 3.63) is 53.2 Å². The summed E-state index contributed by atoms with van der Waals surface area (Å²) < 4.78 is 0. The third kappa shape index (κ3) is 3.93. The van der Waals surface area contributed by atoms with Crippen LogP contribution in [0.25, 0.3) is 0 Å². The third-order valence-corrected chi connectivity index (χ3v) is 4.03. The van der Waals surface area contributed by atoms with Crippen molar-refractivity contribution < 1.29 is 0 Å². The molecule has 0 saturated heterocycles. The molecule has 0 saturated carbocycles. The van der Waals surface area contributed by atoms with Gasteiger partial charge in [0, 0.05) is 11.9 Å². The van der Waals surface area contributed by atoms with Crippen LogP contribution in [0.15, 0.2) is 47.6 Å². The van der Waals surface area contributed by atoms with Crippen molar-refractivity contribution >= 4 is 29.1 Å². The van der Waals surface area contributed by atoms with Crippen LogP contribution < -0.4 is 5.73 Å². The van der Waals surface area contributed by atoms with E-state index in [2.05, 4.69) is 11.1 Å². The van der Waals surface area contributed by atoms with Crippen LogP contribution in [0.5, 0.6) is 0 Å². The zero-order chi connectivity index (χ0) is 12.8. The molecule has 2 nitrogen and oxygen atoms in total. The van der Waals surface area contributed by atoms with Gasteiger partial charge in [0.05, 0.1) is 5.02 Å². The van der Waals surface area contributed by atoms with E-state index in [0.717, 1.165) is 34.3 Å². The van der Waals surface area contributed by atoms with Crippen molar-refractivity contribution in [3.8, 4) is 0 Å². The molecule has 2 aromatic rings. The summed E-state index contributed by atoms with van der Waals surface area (Å²) in [7, 11) is 0. The number of hydrogen-bond donors (Lipinski definition) is 1. The summed E-state index contributed by atoms with van der Waals surface area (Å²) in [5, 5.41) is 1.64. The largest absolute Gasteiger partial charge is 0.399 e. The molecule has 94 valence electrons. The molecule has 0 unspecified atom stereocenters. The number of pyridine rings is 1. The molecule has 0 aliphatic heterocycles. The van der Waals surface area contributed by atoms with Gasteiger partial charge in [-0.1, -0.05) is 23.7 Å². The Bertz CT molecular complexity index is 517. The van der Waals surface area contributed by atoms with Crippen LogP contribution in [-0.4, -0.2) is 10.7 Å². The lowest BCUT2D eigenvalue weighted by atomic mass is 10.1. The zero-order valence-electron chi connectivity index (χ0n) is 9.97. The lowest BCUT2D eigenvalue weighted by Gasteiger charge is -2.04. The number of nitrogens with two attached hydrogens (primary N) is 1. The first kappa shape index (κ1) is 13.2. The van der Waals surface area contributed by atoms with Gasteiger partial charge in [0.25, 0.3) is 0 Å². The van der Waals surface area contributed by atoms with E-state index in [1.807, 2.05) is 30.3 Å². The van der Waals surface area contributed by atoms with Crippen molar-refractivity contribution in [3.63, 3.8) is 0 Å². The van der Waals surface area contributed by atoms with Gasteiger partial charge in [-0.15, -0.1) is 11.8 Å². The Morgan fingerprint density at radius 2 is 2.11 bits per heavy atom. The van der Waals surface area contributed by atoms with Crippen LogP contribution in [0.4, 0.5) is 5.69 Å². The first-order chi connectivity index (χ1) is 8.75. The monoisotopic (exact) mass is 278 g/mol. The summed E-state index contributed by atoms with van der Waals surface area (Å²) in [4.78, 5) is 4.25. The number of aryl methyl sites for hydroxylation is 1. The van der Waals surface area contributed by atoms with Gasteiger partial charge in [-0.25, -0.2) is 4.98 Å². The second kappa shape index (κ2) is 6.66. The van der Waals surface area contributed by atoms with Crippen LogP contribution >= 0.6 is 23.4 Å². The van der Waals surface area contributed by atoms with E-state index in [4.69, 9.17) is 17.3 Å². The number of hydrogen-bond acceptors (Lipinski definition) is 3. The summed E-state index contributed by atoms with van der Waals surface area (Å²) in [6.07, 6.45) is 3.88. The zero-order valence-corrected chi connectivity index (χ0v) is 11.5. The Morgan fingerprint density at radius 1 is 1.22 bits per heavy atom. The number of nitrogen functional groups attached to an aromatic ring is 1. The molecule has 0 aliphatic carbocycles. The molecule has 0 radical (unpaired) electrons. The van der Waals surface area contributed by atoms with Crippen molar-refractivity contribution in [2.75, 3.05) is 11.5 Å². The topological polar surface area (TPSA) is 38.9 Å². The number of aromatic nitrogens is 1. The molecule has 2 rings (SSSR count). The Hall–Kier alpha value is -1.19. The molecular weight excluding hydrogens is 264 g/mol. The highest BCUT2D eigenvalue weighted by Crippen LogP contribution is 2.24.